The van der Waals surface area contributed by atoms with Crippen LogP contribution in [0.3, 0.4) is 0 Å². The second-order valence-electron chi connectivity index (χ2n) is 9.37. The summed E-state index contributed by atoms with van der Waals surface area (Å²) in [6.45, 7) is 1.62. The largest absolute Gasteiger partial charge is 0.476 e. The normalized spacial score (nSPS) is 19.2. The first-order chi connectivity index (χ1) is 16.5. The van der Waals surface area contributed by atoms with E-state index in [1.807, 2.05) is 16.8 Å². The summed E-state index contributed by atoms with van der Waals surface area (Å²) in [6.07, 6.45) is 2.24. The lowest BCUT2D eigenvalue weighted by Crippen LogP contribution is -2.49. The average molecular weight is 507 g/mol. The molecule has 0 radical (unpaired) electrons. The van der Waals surface area contributed by atoms with E-state index in [0.29, 0.717) is 55.4 Å². The van der Waals surface area contributed by atoms with E-state index in [-0.39, 0.29) is 22.8 Å². The molecule has 0 unspecified atom stereocenters. The lowest BCUT2D eigenvalue weighted by Gasteiger charge is -2.39. The second-order valence-corrected chi connectivity index (χ2v) is 10.9. The Balaban J connectivity index is 1.43. The first-order valence-electron chi connectivity index (χ1n) is 11.3. The number of amides is 1. The highest BCUT2D eigenvalue weighted by molar-refractivity contribution is 7.88. The van der Waals surface area contributed by atoms with Crippen molar-refractivity contribution >= 4 is 33.4 Å². The molecule has 0 saturated carbocycles. The van der Waals surface area contributed by atoms with Gasteiger partial charge in [-0.25, -0.2) is 17.9 Å². The molecular formula is C22H27FN6O5S. The minimum atomic E-state index is -3.91. The van der Waals surface area contributed by atoms with Gasteiger partial charge in [0.1, 0.15) is 17.4 Å². The summed E-state index contributed by atoms with van der Waals surface area (Å²) in [7, 11) is -0.442. The van der Waals surface area contributed by atoms with E-state index in [2.05, 4.69) is 4.98 Å². The number of sulfonamides is 1. The molecule has 4 heterocycles. The molecule has 1 fully saturated rings. The zero-order chi connectivity index (χ0) is 25.1. The van der Waals surface area contributed by atoms with Gasteiger partial charge in [-0.2, -0.15) is 4.98 Å². The number of piperidine rings is 1. The van der Waals surface area contributed by atoms with Gasteiger partial charge >= 0.3 is 0 Å². The van der Waals surface area contributed by atoms with Crippen molar-refractivity contribution in [3.05, 3.63) is 39.4 Å². The summed E-state index contributed by atoms with van der Waals surface area (Å²) < 4.78 is 42.9. The highest BCUT2D eigenvalue weighted by atomic mass is 32.2. The fourth-order valence-electron chi connectivity index (χ4n) is 5.41. The monoisotopic (exact) mass is 506 g/mol. The zero-order valence-electron chi connectivity index (χ0n) is 19.5. The van der Waals surface area contributed by atoms with Crippen LogP contribution in [0.4, 0.5) is 21.8 Å². The van der Waals surface area contributed by atoms with E-state index in [1.165, 1.54) is 11.0 Å². The maximum atomic E-state index is 15.3. The van der Waals surface area contributed by atoms with Gasteiger partial charge in [0.05, 0.1) is 16.7 Å². The standard InChI is InChI=1S/C22H27FN6O5S/c1-27-7-3-4-14-18(27)25-21(26-19(14)30)29-8-5-22(6-9-29)17-15(23)10-13(34-12-35(24,32)33)11-16(17)28(2)20(22)31/h10-11H,3-9,12H2,1-2H3,(H2,24,32,33)(H,25,26,30). The molecule has 0 aliphatic carbocycles. The maximum absolute atomic E-state index is 15.3. The van der Waals surface area contributed by atoms with Crippen molar-refractivity contribution in [3.63, 3.8) is 0 Å². The molecule has 3 aliphatic rings. The van der Waals surface area contributed by atoms with Gasteiger partial charge < -0.3 is 19.4 Å². The molecule has 1 spiro atoms. The van der Waals surface area contributed by atoms with E-state index in [1.54, 1.807) is 7.05 Å². The number of nitrogens with two attached hydrogens (primary N) is 1. The number of carbonyl (C=O) groups excluding carboxylic acids is 1. The predicted molar refractivity (Wildman–Crippen MR) is 128 cm³/mol. The van der Waals surface area contributed by atoms with Gasteiger partial charge in [-0.1, -0.05) is 0 Å². The number of nitrogens with zero attached hydrogens (tertiary/aromatic N) is 4. The van der Waals surface area contributed by atoms with Gasteiger partial charge in [0.25, 0.3) is 5.56 Å². The lowest BCUT2D eigenvalue weighted by atomic mass is 9.73. The van der Waals surface area contributed by atoms with Crippen LogP contribution in [0.2, 0.25) is 0 Å². The number of anilines is 3. The number of aromatic nitrogens is 2. The third kappa shape index (κ3) is 3.92. The average Bonchev–Trinajstić information content (AvgIpc) is 3.00. The van der Waals surface area contributed by atoms with E-state index >= 15 is 4.39 Å². The molecule has 13 heteroatoms. The van der Waals surface area contributed by atoms with Gasteiger partial charge in [-0.3, -0.25) is 14.6 Å². The minimum Gasteiger partial charge on any atom is -0.476 e. The van der Waals surface area contributed by atoms with Crippen molar-refractivity contribution < 1.29 is 22.3 Å². The number of halogens is 1. The molecule has 5 rings (SSSR count). The molecule has 3 aliphatic heterocycles. The molecule has 0 atom stereocenters. The summed E-state index contributed by atoms with van der Waals surface area (Å²) in [5, 5.41) is 4.97. The number of carbonyl (C=O) groups is 1. The molecule has 35 heavy (non-hydrogen) atoms. The molecule has 188 valence electrons. The van der Waals surface area contributed by atoms with Gasteiger partial charge in [0.2, 0.25) is 27.8 Å². The Bertz CT molecular complexity index is 1370. The van der Waals surface area contributed by atoms with Gasteiger partial charge in [-0.05, 0) is 25.7 Å². The van der Waals surface area contributed by atoms with Crippen LogP contribution >= 0.6 is 0 Å². The van der Waals surface area contributed by atoms with E-state index in [4.69, 9.17) is 14.9 Å². The molecule has 1 aromatic carbocycles. The number of benzene rings is 1. The highest BCUT2D eigenvalue weighted by Crippen LogP contribution is 2.50. The van der Waals surface area contributed by atoms with Crippen molar-refractivity contribution in [2.45, 2.75) is 31.1 Å². The number of rotatable bonds is 4. The summed E-state index contributed by atoms with van der Waals surface area (Å²) >= 11 is 0. The third-order valence-electron chi connectivity index (χ3n) is 7.17. The van der Waals surface area contributed by atoms with Crippen LogP contribution in [0.25, 0.3) is 0 Å². The van der Waals surface area contributed by atoms with Crippen molar-refractivity contribution in [3.8, 4) is 5.75 Å². The predicted octanol–water partition coefficient (Wildman–Crippen LogP) is 0.431. The molecule has 0 bridgehead atoms. The highest BCUT2D eigenvalue weighted by Gasteiger charge is 2.53. The number of H-pyrrole nitrogens is 1. The van der Waals surface area contributed by atoms with Gasteiger partial charge in [0, 0.05) is 51.4 Å². The minimum absolute atomic E-state index is 0.0237. The SMILES string of the molecule is CN1CCCc2c1nc(N1CCC3(CC1)C(=O)N(C)c1cc(OCS(N)(=O)=O)cc(F)c13)[nH]c2=O. The maximum Gasteiger partial charge on any atom is 0.257 e. The molecular weight excluding hydrogens is 479 g/mol. The number of fused-ring (bicyclic) bond motifs is 3. The lowest BCUT2D eigenvalue weighted by molar-refractivity contribution is -0.123. The first kappa shape index (κ1) is 23.5. The van der Waals surface area contributed by atoms with E-state index < -0.39 is 27.2 Å². The van der Waals surface area contributed by atoms with Crippen molar-refractivity contribution in [1.29, 1.82) is 0 Å². The Morgan fingerprint density at radius 3 is 2.60 bits per heavy atom. The first-order valence-corrected chi connectivity index (χ1v) is 13.1. The Kier molecular flexibility index (Phi) is 5.51. The third-order valence-corrected chi connectivity index (χ3v) is 7.61. The van der Waals surface area contributed by atoms with Crippen molar-refractivity contribution in [2.75, 3.05) is 54.4 Å². The van der Waals surface area contributed by atoms with Crippen LogP contribution in [0.1, 0.15) is 30.4 Å². The van der Waals surface area contributed by atoms with Crippen molar-refractivity contribution in [1.82, 2.24) is 9.97 Å². The fourth-order valence-corrected chi connectivity index (χ4v) is 5.71. The Hall–Kier alpha value is -3.19. The van der Waals surface area contributed by atoms with Gasteiger partial charge in [-0.15, -0.1) is 0 Å². The Morgan fingerprint density at radius 1 is 1.20 bits per heavy atom. The van der Waals surface area contributed by atoms with E-state index in [9.17, 15) is 18.0 Å². The Morgan fingerprint density at radius 2 is 1.91 bits per heavy atom. The van der Waals surface area contributed by atoms with Crippen LogP contribution in [-0.4, -0.2) is 64.0 Å². The summed E-state index contributed by atoms with van der Waals surface area (Å²) in [5.74, 6) is -0.575. The number of likely N-dealkylation sites (N-methyl/N-ethyl adjacent to an activating group) is 1. The van der Waals surface area contributed by atoms with Crippen LogP contribution < -0.4 is 30.1 Å². The van der Waals surface area contributed by atoms with Crippen molar-refractivity contribution in [2.24, 2.45) is 5.14 Å². The topological polar surface area (TPSA) is 142 Å². The van der Waals surface area contributed by atoms with Crippen LogP contribution in [0.15, 0.2) is 16.9 Å². The smallest absolute Gasteiger partial charge is 0.257 e. The molecule has 11 nitrogen and oxygen atoms in total. The quantitative estimate of drug-likeness (QED) is 0.608. The number of hydrogen-bond donors (Lipinski definition) is 2. The Labute approximate surface area is 201 Å². The van der Waals surface area contributed by atoms with Gasteiger partial charge in [0.15, 0.2) is 0 Å². The number of ether oxygens (including phenoxy) is 1. The second kappa shape index (κ2) is 8.19. The number of aromatic amines is 1. The van der Waals surface area contributed by atoms with E-state index in [0.717, 1.165) is 19.0 Å². The number of nitrogens with one attached hydrogen (secondary N) is 1. The number of primary sulfonamides is 1. The molecule has 1 saturated heterocycles. The summed E-state index contributed by atoms with van der Waals surface area (Å²) in [4.78, 5) is 38.9. The molecule has 2 aromatic rings. The van der Waals surface area contributed by atoms with Crippen LogP contribution in [0, 0.1) is 5.82 Å². The molecule has 3 N–H and O–H groups in total. The molecule has 1 amide bonds. The fraction of sp³-hybridized carbons (Fsp3) is 0.500. The summed E-state index contributed by atoms with van der Waals surface area (Å²) in [6, 6.07) is 2.55. The molecule has 1 aromatic heterocycles. The summed E-state index contributed by atoms with van der Waals surface area (Å²) in [5.41, 5.74) is 0.0834. The van der Waals surface area contributed by atoms with Crippen LogP contribution in [-0.2, 0) is 26.7 Å². The zero-order valence-corrected chi connectivity index (χ0v) is 20.3. The number of hydrogen-bond acceptors (Lipinski definition) is 8. The van der Waals surface area contributed by atoms with Crippen LogP contribution in [0.5, 0.6) is 5.75 Å².